The molecule has 2 rings (SSSR count). The van der Waals surface area contributed by atoms with Crippen molar-refractivity contribution >= 4 is 40.3 Å². The second-order valence-electron chi connectivity index (χ2n) is 3.93. The average Bonchev–Trinajstić information content (AvgIpc) is 2.87. The summed E-state index contributed by atoms with van der Waals surface area (Å²) in [6.45, 7) is 0.560. The van der Waals surface area contributed by atoms with Crippen molar-refractivity contribution in [1.82, 2.24) is 0 Å². The van der Waals surface area contributed by atoms with Crippen molar-refractivity contribution in [3.05, 3.63) is 56.2 Å². The van der Waals surface area contributed by atoms with Crippen LogP contribution in [0.2, 0.25) is 10.0 Å². The van der Waals surface area contributed by atoms with E-state index in [0.29, 0.717) is 22.2 Å². The fraction of sp³-hybridized carbons (Fsp3) is 0.214. The summed E-state index contributed by atoms with van der Waals surface area (Å²) in [6, 6.07) is 8.87. The van der Waals surface area contributed by atoms with Gasteiger partial charge in [-0.15, -0.1) is 11.3 Å². The highest BCUT2D eigenvalue weighted by Gasteiger charge is 2.10. The molecule has 0 unspecified atom stereocenters. The van der Waals surface area contributed by atoms with Crippen LogP contribution in [0.25, 0.3) is 0 Å². The Labute approximate surface area is 125 Å². The molecular formula is C14H12Cl2O2S. The van der Waals surface area contributed by atoms with E-state index < -0.39 is 0 Å². The summed E-state index contributed by atoms with van der Waals surface area (Å²) in [6.07, 6.45) is 0.819. The zero-order chi connectivity index (χ0) is 13.7. The van der Waals surface area contributed by atoms with E-state index in [0.717, 1.165) is 6.42 Å². The molecule has 1 aromatic heterocycles. The first-order chi connectivity index (χ1) is 9.16. The minimum absolute atomic E-state index is 0.0345. The molecule has 19 heavy (non-hydrogen) atoms. The molecule has 2 aromatic rings. The third kappa shape index (κ3) is 4.32. The van der Waals surface area contributed by atoms with Gasteiger partial charge in [0.15, 0.2) is 5.78 Å². The molecule has 0 aliphatic heterocycles. The van der Waals surface area contributed by atoms with Gasteiger partial charge in [0.1, 0.15) is 6.61 Å². The number of thiophene rings is 1. The lowest BCUT2D eigenvalue weighted by atomic mass is 10.1. The van der Waals surface area contributed by atoms with Crippen molar-refractivity contribution < 1.29 is 9.53 Å². The van der Waals surface area contributed by atoms with Crippen LogP contribution in [0, 0.1) is 0 Å². The Kier molecular flexibility index (Phi) is 5.40. The van der Waals surface area contributed by atoms with Crippen LogP contribution in [0.4, 0.5) is 0 Å². The van der Waals surface area contributed by atoms with Gasteiger partial charge < -0.3 is 4.74 Å². The van der Waals surface area contributed by atoms with Gasteiger partial charge in [0, 0.05) is 21.9 Å². The summed E-state index contributed by atoms with van der Waals surface area (Å²) in [4.78, 5) is 13.1. The number of carbonyl (C=O) groups excluding carboxylic acids is 1. The Morgan fingerprint density at radius 3 is 2.79 bits per heavy atom. The van der Waals surface area contributed by atoms with Crippen molar-refractivity contribution in [3.8, 4) is 0 Å². The number of ketones is 1. The smallest absolute Gasteiger partial charge is 0.189 e. The number of carbonyl (C=O) groups is 1. The number of hydrogen-bond donors (Lipinski definition) is 0. The highest BCUT2D eigenvalue weighted by molar-refractivity contribution is 7.09. The van der Waals surface area contributed by atoms with E-state index >= 15 is 0 Å². The lowest BCUT2D eigenvalue weighted by molar-refractivity contribution is 0.0766. The number of rotatable bonds is 6. The van der Waals surface area contributed by atoms with E-state index in [1.807, 2.05) is 17.5 Å². The van der Waals surface area contributed by atoms with Gasteiger partial charge in [-0.25, -0.2) is 0 Å². The second-order valence-corrected chi connectivity index (χ2v) is 5.81. The van der Waals surface area contributed by atoms with Crippen molar-refractivity contribution in [3.63, 3.8) is 0 Å². The van der Waals surface area contributed by atoms with Crippen LogP contribution in [-0.4, -0.2) is 19.0 Å². The number of benzene rings is 1. The summed E-state index contributed by atoms with van der Waals surface area (Å²) in [5, 5.41) is 2.90. The van der Waals surface area contributed by atoms with E-state index in [1.165, 1.54) is 4.88 Å². The minimum Gasteiger partial charge on any atom is -0.373 e. The molecule has 5 heteroatoms. The second kappa shape index (κ2) is 7.06. The summed E-state index contributed by atoms with van der Waals surface area (Å²) >= 11 is 13.4. The first kappa shape index (κ1) is 14.5. The van der Waals surface area contributed by atoms with Crippen LogP contribution < -0.4 is 0 Å². The molecule has 0 saturated carbocycles. The largest absolute Gasteiger partial charge is 0.373 e. The monoisotopic (exact) mass is 314 g/mol. The van der Waals surface area contributed by atoms with Gasteiger partial charge in [-0.1, -0.05) is 29.3 Å². The SMILES string of the molecule is O=C(COCCc1cccs1)c1ccc(Cl)cc1Cl. The standard InChI is InChI=1S/C14H12Cl2O2S/c15-10-3-4-12(13(16)8-10)14(17)9-18-6-5-11-2-1-7-19-11/h1-4,7-8H,5-6,9H2. The lowest BCUT2D eigenvalue weighted by Gasteiger charge is -2.05. The fourth-order valence-corrected chi connectivity index (χ4v) is 2.79. The maximum absolute atomic E-state index is 11.9. The molecule has 0 radical (unpaired) electrons. The molecule has 0 bridgehead atoms. The van der Waals surface area contributed by atoms with Gasteiger partial charge in [0.05, 0.1) is 11.6 Å². The van der Waals surface area contributed by atoms with Crippen LogP contribution in [0.15, 0.2) is 35.7 Å². The summed E-state index contributed by atoms with van der Waals surface area (Å²) in [7, 11) is 0. The molecule has 0 saturated heterocycles. The van der Waals surface area contributed by atoms with Crippen molar-refractivity contribution in [1.29, 1.82) is 0 Å². The van der Waals surface area contributed by atoms with E-state index in [2.05, 4.69) is 0 Å². The molecule has 0 amide bonds. The topological polar surface area (TPSA) is 26.3 Å². The molecule has 1 aromatic carbocycles. The molecule has 0 N–H and O–H groups in total. The predicted octanol–water partition coefficient (Wildman–Crippen LogP) is 4.50. The Hall–Kier alpha value is -0.870. The molecule has 1 heterocycles. The van der Waals surface area contributed by atoms with E-state index in [9.17, 15) is 4.79 Å². The van der Waals surface area contributed by atoms with Gasteiger partial charge in [0.25, 0.3) is 0 Å². The van der Waals surface area contributed by atoms with Gasteiger partial charge in [0.2, 0.25) is 0 Å². The van der Waals surface area contributed by atoms with Gasteiger partial charge in [-0.2, -0.15) is 0 Å². The van der Waals surface area contributed by atoms with Gasteiger partial charge in [-0.05, 0) is 29.6 Å². The highest BCUT2D eigenvalue weighted by Crippen LogP contribution is 2.21. The molecular weight excluding hydrogens is 303 g/mol. The third-order valence-electron chi connectivity index (χ3n) is 2.54. The molecule has 100 valence electrons. The number of halogens is 2. The lowest BCUT2D eigenvalue weighted by Crippen LogP contribution is -2.11. The van der Waals surface area contributed by atoms with Crippen molar-refractivity contribution in [2.45, 2.75) is 6.42 Å². The number of Topliss-reactive ketones (excluding diaryl/α,β-unsaturated/α-hetero) is 1. The fourth-order valence-electron chi connectivity index (χ4n) is 1.59. The van der Waals surface area contributed by atoms with E-state index in [4.69, 9.17) is 27.9 Å². The molecule has 0 atom stereocenters. The summed E-state index contributed by atoms with van der Waals surface area (Å²) in [5.74, 6) is -0.132. The summed E-state index contributed by atoms with van der Waals surface area (Å²) < 4.78 is 5.37. The number of hydrogen-bond acceptors (Lipinski definition) is 3. The third-order valence-corrected chi connectivity index (χ3v) is 4.02. The zero-order valence-electron chi connectivity index (χ0n) is 10.1. The molecule has 2 nitrogen and oxygen atoms in total. The molecule has 0 spiro atoms. The van der Waals surface area contributed by atoms with E-state index in [-0.39, 0.29) is 12.4 Å². The Morgan fingerprint density at radius 1 is 1.26 bits per heavy atom. The normalized spacial score (nSPS) is 10.6. The Balaban J connectivity index is 1.81. The van der Waals surface area contributed by atoms with Crippen molar-refractivity contribution in [2.75, 3.05) is 13.2 Å². The Bertz CT molecular complexity index is 553. The average molecular weight is 315 g/mol. The Morgan fingerprint density at radius 2 is 2.11 bits per heavy atom. The quantitative estimate of drug-likeness (QED) is 0.579. The first-order valence-electron chi connectivity index (χ1n) is 5.75. The van der Waals surface area contributed by atoms with Crippen LogP contribution in [0.5, 0.6) is 0 Å². The van der Waals surface area contributed by atoms with Crippen LogP contribution in [0.1, 0.15) is 15.2 Å². The van der Waals surface area contributed by atoms with Crippen molar-refractivity contribution in [2.24, 2.45) is 0 Å². The van der Waals surface area contributed by atoms with Crippen LogP contribution >= 0.6 is 34.5 Å². The van der Waals surface area contributed by atoms with Gasteiger partial charge >= 0.3 is 0 Å². The van der Waals surface area contributed by atoms with Gasteiger partial charge in [-0.3, -0.25) is 4.79 Å². The van der Waals surface area contributed by atoms with E-state index in [1.54, 1.807) is 29.5 Å². The maximum atomic E-state index is 11.9. The van der Waals surface area contributed by atoms with Crippen LogP contribution in [-0.2, 0) is 11.2 Å². The predicted molar refractivity (Wildman–Crippen MR) is 79.6 cm³/mol. The first-order valence-corrected chi connectivity index (χ1v) is 7.39. The number of ether oxygens (including phenoxy) is 1. The minimum atomic E-state index is -0.132. The molecule has 0 fully saturated rings. The summed E-state index contributed by atoms with van der Waals surface area (Å²) in [5.41, 5.74) is 0.446. The molecule has 0 aliphatic rings. The van der Waals surface area contributed by atoms with Crippen LogP contribution in [0.3, 0.4) is 0 Å². The highest BCUT2D eigenvalue weighted by atomic mass is 35.5. The molecule has 0 aliphatic carbocycles. The maximum Gasteiger partial charge on any atom is 0.189 e. The zero-order valence-corrected chi connectivity index (χ0v) is 12.4.